The van der Waals surface area contributed by atoms with Crippen LogP contribution < -0.4 is 5.32 Å². The first-order chi connectivity index (χ1) is 8.37. The zero-order valence-electron chi connectivity index (χ0n) is 11.2. The molecule has 1 unspecified atom stereocenters. The number of nitrogens with one attached hydrogen (secondary N) is 1. The van der Waals surface area contributed by atoms with Gasteiger partial charge in [-0.05, 0) is 49.3 Å². The van der Waals surface area contributed by atoms with Crippen LogP contribution in [-0.2, 0) is 0 Å². The van der Waals surface area contributed by atoms with Crippen LogP contribution in [0.15, 0.2) is 18.2 Å². The molecule has 98 valence electrons. The summed E-state index contributed by atoms with van der Waals surface area (Å²) in [5.74, 6) is -0.736. The second kappa shape index (κ2) is 4.71. The average Bonchev–Trinajstić information content (AvgIpc) is 2.57. The van der Waals surface area contributed by atoms with Gasteiger partial charge in [0, 0.05) is 6.04 Å². The van der Waals surface area contributed by atoms with E-state index in [1.165, 1.54) is 6.07 Å². The summed E-state index contributed by atoms with van der Waals surface area (Å²) in [7, 11) is 0. The lowest BCUT2D eigenvalue weighted by molar-refractivity contribution is 0.0932. The summed E-state index contributed by atoms with van der Waals surface area (Å²) in [5, 5.41) is 2.93. The highest BCUT2D eigenvalue weighted by Crippen LogP contribution is 2.37. The van der Waals surface area contributed by atoms with E-state index < -0.39 is 5.82 Å². The largest absolute Gasteiger partial charge is 0.349 e. The fraction of sp³-hybridized carbons (Fsp3) is 0.533. The minimum Gasteiger partial charge on any atom is -0.349 e. The van der Waals surface area contributed by atoms with E-state index in [9.17, 15) is 9.18 Å². The summed E-state index contributed by atoms with van der Waals surface area (Å²) in [4.78, 5) is 12.0. The fourth-order valence-electron chi connectivity index (χ4n) is 2.63. The average molecular weight is 249 g/mol. The number of carbonyl (C=O) groups is 1. The van der Waals surface area contributed by atoms with Crippen molar-refractivity contribution in [2.75, 3.05) is 0 Å². The molecule has 1 N–H and O–H groups in total. The highest BCUT2D eigenvalue weighted by atomic mass is 19.1. The summed E-state index contributed by atoms with van der Waals surface area (Å²) < 4.78 is 13.7. The summed E-state index contributed by atoms with van der Waals surface area (Å²) >= 11 is 0. The second-order valence-corrected chi connectivity index (χ2v) is 6.06. The van der Waals surface area contributed by atoms with E-state index in [1.807, 2.05) is 6.92 Å². The molecule has 2 rings (SSSR count). The molecule has 1 fully saturated rings. The van der Waals surface area contributed by atoms with Gasteiger partial charge >= 0.3 is 0 Å². The maximum absolute atomic E-state index is 13.7. The topological polar surface area (TPSA) is 29.1 Å². The summed E-state index contributed by atoms with van der Waals surface area (Å²) in [6.45, 7) is 6.21. The maximum atomic E-state index is 13.7. The van der Waals surface area contributed by atoms with Gasteiger partial charge in [-0.1, -0.05) is 19.9 Å². The van der Waals surface area contributed by atoms with Gasteiger partial charge in [-0.3, -0.25) is 4.79 Å². The molecule has 3 heteroatoms. The third kappa shape index (κ3) is 2.89. The Morgan fingerprint density at radius 3 is 2.72 bits per heavy atom. The first-order valence-corrected chi connectivity index (χ1v) is 6.44. The van der Waals surface area contributed by atoms with Crippen LogP contribution in [0.25, 0.3) is 0 Å². The van der Waals surface area contributed by atoms with Crippen LogP contribution in [0.3, 0.4) is 0 Å². The van der Waals surface area contributed by atoms with Crippen LogP contribution in [0.4, 0.5) is 4.39 Å². The number of amides is 1. The van der Waals surface area contributed by atoms with Crippen molar-refractivity contribution >= 4 is 5.91 Å². The van der Waals surface area contributed by atoms with Crippen LogP contribution >= 0.6 is 0 Å². The van der Waals surface area contributed by atoms with Crippen LogP contribution in [0.5, 0.6) is 0 Å². The van der Waals surface area contributed by atoms with Crippen molar-refractivity contribution < 1.29 is 9.18 Å². The monoisotopic (exact) mass is 249 g/mol. The standard InChI is InChI=1S/C15H20FNO/c1-10-4-5-12(13(16)8-10)14(18)17-11-6-7-15(2,3)9-11/h4-5,8,11H,6-7,9H2,1-3H3,(H,17,18). The highest BCUT2D eigenvalue weighted by Gasteiger charge is 2.32. The van der Waals surface area contributed by atoms with Gasteiger partial charge in [0.25, 0.3) is 5.91 Å². The molecule has 2 nitrogen and oxygen atoms in total. The van der Waals surface area contributed by atoms with E-state index in [-0.39, 0.29) is 22.9 Å². The van der Waals surface area contributed by atoms with Crippen LogP contribution in [0.1, 0.15) is 49.0 Å². The number of halogens is 1. The molecule has 0 radical (unpaired) electrons. The first kappa shape index (κ1) is 13.1. The lowest BCUT2D eigenvalue weighted by atomic mass is 9.92. The van der Waals surface area contributed by atoms with Crippen molar-refractivity contribution in [2.45, 2.75) is 46.1 Å². The third-order valence-corrected chi connectivity index (χ3v) is 3.67. The van der Waals surface area contributed by atoms with Gasteiger partial charge < -0.3 is 5.32 Å². The van der Waals surface area contributed by atoms with Crippen molar-refractivity contribution in [3.05, 3.63) is 35.1 Å². The lowest BCUT2D eigenvalue weighted by Gasteiger charge is -2.18. The smallest absolute Gasteiger partial charge is 0.254 e. The van der Waals surface area contributed by atoms with Crippen LogP contribution in [0.2, 0.25) is 0 Å². The van der Waals surface area contributed by atoms with E-state index >= 15 is 0 Å². The predicted molar refractivity (Wildman–Crippen MR) is 70.0 cm³/mol. The molecule has 0 saturated heterocycles. The maximum Gasteiger partial charge on any atom is 0.254 e. The molecule has 0 aromatic heterocycles. The van der Waals surface area contributed by atoms with E-state index in [1.54, 1.807) is 12.1 Å². The van der Waals surface area contributed by atoms with Gasteiger partial charge in [-0.25, -0.2) is 4.39 Å². The Balaban J connectivity index is 2.04. The number of aryl methyl sites for hydroxylation is 1. The number of hydrogen-bond acceptors (Lipinski definition) is 1. The Hall–Kier alpha value is -1.38. The molecular formula is C15H20FNO. The first-order valence-electron chi connectivity index (χ1n) is 6.44. The van der Waals surface area contributed by atoms with E-state index in [2.05, 4.69) is 19.2 Å². The van der Waals surface area contributed by atoms with Crippen molar-refractivity contribution in [3.63, 3.8) is 0 Å². The predicted octanol–water partition coefficient (Wildman–Crippen LogP) is 3.44. The van der Waals surface area contributed by atoms with E-state index in [0.717, 1.165) is 24.8 Å². The lowest BCUT2D eigenvalue weighted by Crippen LogP contribution is -2.34. The van der Waals surface area contributed by atoms with E-state index in [0.29, 0.717) is 0 Å². The molecule has 1 saturated carbocycles. The molecule has 18 heavy (non-hydrogen) atoms. The Morgan fingerprint density at radius 2 is 2.17 bits per heavy atom. The molecular weight excluding hydrogens is 229 g/mol. The summed E-state index contributed by atoms with van der Waals surface area (Å²) in [6.07, 6.45) is 3.05. The molecule has 0 heterocycles. The van der Waals surface area contributed by atoms with Crippen LogP contribution in [-0.4, -0.2) is 11.9 Å². The number of rotatable bonds is 2. The van der Waals surface area contributed by atoms with Gasteiger partial charge in [0.15, 0.2) is 0 Å². The van der Waals surface area contributed by atoms with Gasteiger partial charge in [0.2, 0.25) is 0 Å². The van der Waals surface area contributed by atoms with Crippen molar-refractivity contribution in [1.29, 1.82) is 0 Å². The van der Waals surface area contributed by atoms with Crippen molar-refractivity contribution in [3.8, 4) is 0 Å². The molecule has 0 aliphatic heterocycles. The molecule has 0 spiro atoms. The number of hydrogen-bond donors (Lipinski definition) is 1. The zero-order valence-corrected chi connectivity index (χ0v) is 11.2. The molecule has 0 bridgehead atoms. The molecule has 1 aromatic rings. The fourth-order valence-corrected chi connectivity index (χ4v) is 2.63. The normalized spacial score (nSPS) is 21.9. The van der Waals surface area contributed by atoms with Gasteiger partial charge in [0.1, 0.15) is 5.82 Å². The number of benzene rings is 1. The molecule has 1 aliphatic rings. The zero-order chi connectivity index (χ0) is 13.3. The quantitative estimate of drug-likeness (QED) is 0.854. The summed E-state index contributed by atoms with van der Waals surface area (Å²) in [5.41, 5.74) is 1.25. The van der Waals surface area contributed by atoms with Gasteiger partial charge in [-0.2, -0.15) is 0 Å². The Morgan fingerprint density at radius 1 is 1.44 bits per heavy atom. The summed E-state index contributed by atoms with van der Waals surface area (Å²) in [6, 6.07) is 4.89. The van der Waals surface area contributed by atoms with Crippen LogP contribution in [0, 0.1) is 18.2 Å². The molecule has 1 aliphatic carbocycles. The highest BCUT2D eigenvalue weighted by molar-refractivity contribution is 5.94. The Bertz CT molecular complexity index is 468. The minimum atomic E-state index is -0.440. The van der Waals surface area contributed by atoms with Crippen molar-refractivity contribution in [2.24, 2.45) is 5.41 Å². The Labute approximate surface area is 108 Å². The molecule has 1 amide bonds. The molecule has 1 atom stereocenters. The SMILES string of the molecule is Cc1ccc(C(=O)NC2CCC(C)(C)C2)c(F)c1. The minimum absolute atomic E-state index is 0.144. The van der Waals surface area contributed by atoms with Gasteiger partial charge in [-0.15, -0.1) is 0 Å². The Kier molecular flexibility index (Phi) is 3.42. The third-order valence-electron chi connectivity index (χ3n) is 3.67. The van der Waals surface area contributed by atoms with Gasteiger partial charge in [0.05, 0.1) is 5.56 Å². The van der Waals surface area contributed by atoms with E-state index in [4.69, 9.17) is 0 Å². The number of carbonyl (C=O) groups excluding carboxylic acids is 1. The van der Waals surface area contributed by atoms with Crippen molar-refractivity contribution in [1.82, 2.24) is 5.32 Å². The second-order valence-electron chi connectivity index (χ2n) is 6.06. The molecule has 1 aromatic carbocycles.